The lowest BCUT2D eigenvalue weighted by Crippen LogP contribution is -2.49. The average molecular weight is 244 g/mol. The predicted octanol–water partition coefficient (Wildman–Crippen LogP) is 1.99. The van der Waals surface area contributed by atoms with E-state index in [1.807, 2.05) is 11.0 Å². The van der Waals surface area contributed by atoms with Gasteiger partial charge in [0.05, 0.1) is 0 Å². The fourth-order valence-electron chi connectivity index (χ4n) is 2.72. The Morgan fingerprint density at radius 2 is 1.72 bits per heavy atom. The zero-order valence-corrected chi connectivity index (χ0v) is 10.9. The number of hydrogen-bond donors (Lipinski definition) is 0. The summed E-state index contributed by atoms with van der Waals surface area (Å²) in [5, 5.41) is 0. The van der Waals surface area contributed by atoms with Crippen molar-refractivity contribution in [1.29, 1.82) is 0 Å². The van der Waals surface area contributed by atoms with Crippen LogP contribution in [-0.4, -0.2) is 37.0 Å². The Hall–Kier alpha value is -1.51. The lowest BCUT2D eigenvalue weighted by atomic mass is 10.2. The molecule has 0 radical (unpaired) electrons. The summed E-state index contributed by atoms with van der Waals surface area (Å²) < 4.78 is 0. The quantitative estimate of drug-likeness (QED) is 0.794. The van der Waals surface area contributed by atoms with Crippen molar-refractivity contribution in [3.8, 4) is 0 Å². The molecule has 2 aliphatic rings. The summed E-state index contributed by atoms with van der Waals surface area (Å²) in [6.07, 6.45) is 1.09. The molecule has 1 aromatic rings. The minimum Gasteiger partial charge on any atom is -0.368 e. The maximum absolute atomic E-state index is 12.1. The van der Waals surface area contributed by atoms with Crippen molar-refractivity contribution in [3.05, 3.63) is 30.3 Å². The number of nitrogens with zero attached hydrogens (tertiary/aromatic N) is 2. The lowest BCUT2D eigenvalue weighted by Gasteiger charge is -2.36. The van der Waals surface area contributed by atoms with Gasteiger partial charge in [-0.05, 0) is 24.5 Å². The van der Waals surface area contributed by atoms with Gasteiger partial charge >= 0.3 is 0 Å². The number of para-hydroxylation sites is 1. The number of hydrogen-bond acceptors (Lipinski definition) is 2. The van der Waals surface area contributed by atoms with Gasteiger partial charge in [-0.1, -0.05) is 25.1 Å². The molecule has 1 aliphatic carbocycles. The van der Waals surface area contributed by atoms with Gasteiger partial charge in [-0.25, -0.2) is 0 Å². The molecule has 3 rings (SSSR count). The van der Waals surface area contributed by atoms with E-state index in [0.29, 0.717) is 17.7 Å². The standard InChI is InChI=1S/C15H20N2O/c1-12-11-14(12)15(18)17-9-7-16(8-10-17)13-5-3-2-4-6-13/h2-6,12,14H,7-11H2,1H3. The highest BCUT2D eigenvalue weighted by Gasteiger charge is 2.41. The van der Waals surface area contributed by atoms with Crippen molar-refractivity contribution in [2.24, 2.45) is 11.8 Å². The third kappa shape index (κ3) is 2.22. The van der Waals surface area contributed by atoms with Crippen molar-refractivity contribution in [3.63, 3.8) is 0 Å². The van der Waals surface area contributed by atoms with E-state index in [1.54, 1.807) is 0 Å². The van der Waals surface area contributed by atoms with Gasteiger partial charge < -0.3 is 9.80 Å². The molecule has 2 fully saturated rings. The van der Waals surface area contributed by atoms with Crippen LogP contribution in [0.25, 0.3) is 0 Å². The molecule has 3 nitrogen and oxygen atoms in total. The van der Waals surface area contributed by atoms with Crippen molar-refractivity contribution in [1.82, 2.24) is 4.90 Å². The Morgan fingerprint density at radius 3 is 2.28 bits per heavy atom. The second-order valence-corrected chi connectivity index (χ2v) is 5.47. The van der Waals surface area contributed by atoms with Gasteiger partial charge in [-0.15, -0.1) is 0 Å². The van der Waals surface area contributed by atoms with Crippen LogP contribution in [0.15, 0.2) is 30.3 Å². The smallest absolute Gasteiger partial charge is 0.226 e. The van der Waals surface area contributed by atoms with Gasteiger partial charge in [0, 0.05) is 37.8 Å². The van der Waals surface area contributed by atoms with E-state index in [2.05, 4.69) is 36.1 Å². The largest absolute Gasteiger partial charge is 0.368 e. The molecule has 3 heteroatoms. The molecule has 2 atom stereocenters. The van der Waals surface area contributed by atoms with E-state index in [1.165, 1.54) is 5.69 Å². The molecule has 18 heavy (non-hydrogen) atoms. The van der Waals surface area contributed by atoms with E-state index >= 15 is 0 Å². The fourth-order valence-corrected chi connectivity index (χ4v) is 2.72. The van der Waals surface area contributed by atoms with E-state index in [0.717, 1.165) is 32.6 Å². The molecule has 0 bridgehead atoms. The molecule has 2 unspecified atom stereocenters. The van der Waals surface area contributed by atoms with Gasteiger partial charge in [-0.3, -0.25) is 4.79 Å². The van der Waals surface area contributed by atoms with Crippen LogP contribution in [0, 0.1) is 11.8 Å². The summed E-state index contributed by atoms with van der Waals surface area (Å²) in [6, 6.07) is 10.5. The number of piperazine rings is 1. The zero-order valence-electron chi connectivity index (χ0n) is 10.9. The number of carbonyl (C=O) groups is 1. The van der Waals surface area contributed by atoms with Gasteiger partial charge in [0.2, 0.25) is 5.91 Å². The van der Waals surface area contributed by atoms with Crippen molar-refractivity contribution >= 4 is 11.6 Å². The Balaban J connectivity index is 1.57. The first-order valence-electron chi connectivity index (χ1n) is 6.84. The zero-order chi connectivity index (χ0) is 12.5. The second kappa shape index (κ2) is 4.63. The van der Waals surface area contributed by atoms with Gasteiger partial charge in [0.1, 0.15) is 0 Å². The second-order valence-electron chi connectivity index (χ2n) is 5.47. The third-order valence-electron chi connectivity index (χ3n) is 4.14. The fraction of sp³-hybridized carbons (Fsp3) is 0.533. The summed E-state index contributed by atoms with van der Waals surface area (Å²) in [5.41, 5.74) is 1.27. The van der Waals surface area contributed by atoms with Crippen LogP contribution >= 0.6 is 0 Å². The highest BCUT2D eigenvalue weighted by molar-refractivity contribution is 5.81. The van der Waals surface area contributed by atoms with Crippen LogP contribution in [0.5, 0.6) is 0 Å². The average Bonchev–Trinajstić information content (AvgIpc) is 3.16. The summed E-state index contributed by atoms with van der Waals surface area (Å²) in [7, 11) is 0. The molecule has 1 amide bonds. The number of anilines is 1. The van der Waals surface area contributed by atoms with Crippen molar-refractivity contribution < 1.29 is 4.79 Å². The molecule has 1 aliphatic heterocycles. The molecule has 0 spiro atoms. The summed E-state index contributed by atoms with van der Waals surface area (Å²) in [5.74, 6) is 1.33. The molecule has 1 saturated heterocycles. The maximum Gasteiger partial charge on any atom is 0.226 e. The molecule has 1 saturated carbocycles. The van der Waals surface area contributed by atoms with Gasteiger partial charge in [-0.2, -0.15) is 0 Å². The van der Waals surface area contributed by atoms with Crippen LogP contribution < -0.4 is 4.90 Å². The first-order chi connectivity index (χ1) is 8.75. The predicted molar refractivity (Wildman–Crippen MR) is 72.5 cm³/mol. The molecule has 96 valence electrons. The Morgan fingerprint density at radius 1 is 1.11 bits per heavy atom. The van der Waals surface area contributed by atoms with Crippen LogP contribution in [-0.2, 0) is 4.79 Å². The highest BCUT2D eigenvalue weighted by Crippen LogP contribution is 2.39. The van der Waals surface area contributed by atoms with E-state index in [9.17, 15) is 4.79 Å². The molecule has 1 heterocycles. The first-order valence-corrected chi connectivity index (χ1v) is 6.84. The number of carbonyl (C=O) groups excluding carboxylic acids is 1. The minimum atomic E-state index is 0.327. The number of rotatable bonds is 2. The van der Waals surface area contributed by atoms with E-state index < -0.39 is 0 Å². The topological polar surface area (TPSA) is 23.6 Å². The first kappa shape index (κ1) is 11.6. The van der Waals surface area contributed by atoms with Crippen LogP contribution in [0.4, 0.5) is 5.69 Å². The molecular formula is C15H20N2O. The summed E-state index contributed by atoms with van der Waals surface area (Å²) >= 11 is 0. The van der Waals surface area contributed by atoms with Crippen molar-refractivity contribution in [2.45, 2.75) is 13.3 Å². The Bertz CT molecular complexity index is 423. The summed E-state index contributed by atoms with van der Waals surface area (Å²) in [6.45, 7) is 5.82. The monoisotopic (exact) mass is 244 g/mol. The van der Waals surface area contributed by atoms with Gasteiger partial charge in [0.15, 0.2) is 0 Å². The number of benzene rings is 1. The van der Waals surface area contributed by atoms with E-state index in [-0.39, 0.29) is 0 Å². The molecule has 0 N–H and O–H groups in total. The Kier molecular flexibility index (Phi) is 2.98. The van der Waals surface area contributed by atoms with Gasteiger partial charge in [0.25, 0.3) is 0 Å². The minimum absolute atomic E-state index is 0.327. The number of amides is 1. The van der Waals surface area contributed by atoms with E-state index in [4.69, 9.17) is 0 Å². The molecule has 1 aromatic carbocycles. The molecular weight excluding hydrogens is 224 g/mol. The van der Waals surface area contributed by atoms with Crippen LogP contribution in [0.3, 0.4) is 0 Å². The lowest BCUT2D eigenvalue weighted by molar-refractivity contribution is -0.133. The highest BCUT2D eigenvalue weighted by atomic mass is 16.2. The van der Waals surface area contributed by atoms with Crippen LogP contribution in [0.1, 0.15) is 13.3 Å². The summed E-state index contributed by atoms with van der Waals surface area (Å²) in [4.78, 5) is 16.5. The normalized spacial score (nSPS) is 27.2. The third-order valence-corrected chi connectivity index (χ3v) is 4.14. The molecule has 0 aromatic heterocycles. The van der Waals surface area contributed by atoms with Crippen molar-refractivity contribution in [2.75, 3.05) is 31.1 Å². The SMILES string of the molecule is CC1CC1C(=O)N1CCN(c2ccccc2)CC1. The maximum atomic E-state index is 12.1. The Labute approximate surface area is 108 Å². The van der Waals surface area contributed by atoms with Crippen LogP contribution in [0.2, 0.25) is 0 Å².